The highest BCUT2D eigenvalue weighted by Crippen LogP contribution is 2.26. The van der Waals surface area contributed by atoms with Crippen LogP contribution in [0.4, 0.5) is 0 Å². The molecular formula is C17H20N2O3. The van der Waals surface area contributed by atoms with Crippen LogP contribution in [0.1, 0.15) is 29.3 Å². The summed E-state index contributed by atoms with van der Waals surface area (Å²) in [5, 5.41) is 0.799. The van der Waals surface area contributed by atoms with Gasteiger partial charge in [0, 0.05) is 18.0 Å². The SMILES string of the molecule is Cc1c(C(=O)N2CC(CN)CC2C)c(=O)oc2ccccc12. The zero-order chi connectivity index (χ0) is 15.9. The number of nitrogens with zero attached hydrogens (tertiary/aromatic N) is 1. The molecule has 2 N–H and O–H groups in total. The van der Waals surface area contributed by atoms with Gasteiger partial charge in [0.25, 0.3) is 5.91 Å². The lowest BCUT2D eigenvalue weighted by atomic mass is 10.0. The first-order valence-electron chi connectivity index (χ1n) is 7.56. The number of carbonyl (C=O) groups is 1. The lowest BCUT2D eigenvalue weighted by molar-refractivity contribution is 0.0738. The average molecular weight is 300 g/mol. The van der Waals surface area contributed by atoms with Crippen LogP contribution in [0.3, 0.4) is 0 Å². The Morgan fingerprint density at radius 3 is 2.82 bits per heavy atom. The number of hydrogen-bond donors (Lipinski definition) is 1. The largest absolute Gasteiger partial charge is 0.422 e. The van der Waals surface area contributed by atoms with Crippen molar-refractivity contribution in [3.63, 3.8) is 0 Å². The minimum atomic E-state index is -0.565. The third-order valence-electron chi connectivity index (χ3n) is 4.54. The molecular weight excluding hydrogens is 280 g/mol. The van der Waals surface area contributed by atoms with E-state index in [2.05, 4.69) is 0 Å². The normalized spacial score (nSPS) is 21.5. The lowest BCUT2D eigenvalue weighted by Gasteiger charge is -2.22. The second kappa shape index (κ2) is 5.57. The third-order valence-corrected chi connectivity index (χ3v) is 4.54. The Bertz CT molecular complexity index is 781. The van der Waals surface area contributed by atoms with Gasteiger partial charge in [-0.1, -0.05) is 18.2 Å². The van der Waals surface area contributed by atoms with E-state index in [0.717, 1.165) is 11.8 Å². The van der Waals surface area contributed by atoms with E-state index in [1.165, 1.54) is 0 Å². The topological polar surface area (TPSA) is 76.5 Å². The molecule has 1 saturated heterocycles. The predicted octanol–water partition coefficient (Wildman–Crippen LogP) is 1.91. The van der Waals surface area contributed by atoms with Crippen molar-refractivity contribution in [1.29, 1.82) is 0 Å². The first kappa shape index (κ1) is 14.8. The molecule has 0 aliphatic carbocycles. The molecule has 2 aromatic rings. The summed E-state index contributed by atoms with van der Waals surface area (Å²) < 4.78 is 5.31. The molecule has 0 spiro atoms. The molecule has 1 aromatic heterocycles. The molecule has 2 atom stereocenters. The van der Waals surface area contributed by atoms with Crippen molar-refractivity contribution in [2.45, 2.75) is 26.3 Å². The van der Waals surface area contributed by atoms with Gasteiger partial charge in [0.05, 0.1) is 0 Å². The van der Waals surface area contributed by atoms with Gasteiger partial charge in [-0.25, -0.2) is 4.79 Å². The van der Waals surface area contributed by atoms with Gasteiger partial charge in [-0.05, 0) is 44.4 Å². The molecule has 116 valence electrons. The van der Waals surface area contributed by atoms with Gasteiger partial charge in [-0.15, -0.1) is 0 Å². The number of aryl methyl sites for hydroxylation is 1. The third kappa shape index (κ3) is 2.31. The van der Waals surface area contributed by atoms with Gasteiger partial charge >= 0.3 is 5.63 Å². The maximum Gasteiger partial charge on any atom is 0.349 e. The summed E-state index contributed by atoms with van der Waals surface area (Å²) >= 11 is 0. The summed E-state index contributed by atoms with van der Waals surface area (Å²) in [5.74, 6) is 0.0483. The van der Waals surface area contributed by atoms with Crippen LogP contribution in [0, 0.1) is 12.8 Å². The molecule has 0 bridgehead atoms. The molecule has 1 fully saturated rings. The number of para-hydroxylation sites is 1. The van der Waals surface area contributed by atoms with E-state index in [0.29, 0.717) is 30.2 Å². The van der Waals surface area contributed by atoms with Gasteiger partial charge in [0.1, 0.15) is 11.1 Å². The number of carbonyl (C=O) groups excluding carboxylic acids is 1. The molecule has 0 radical (unpaired) electrons. The Morgan fingerprint density at radius 2 is 2.14 bits per heavy atom. The van der Waals surface area contributed by atoms with Crippen LogP contribution >= 0.6 is 0 Å². The molecule has 0 saturated carbocycles. The number of hydrogen-bond acceptors (Lipinski definition) is 4. The van der Waals surface area contributed by atoms with Gasteiger partial charge < -0.3 is 15.1 Å². The van der Waals surface area contributed by atoms with Crippen molar-refractivity contribution in [2.24, 2.45) is 11.7 Å². The van der Waals surface area contributed by atoms with E-state index < -0.39 is 5.63 Å². The fourth-order valence-corrected chi connectivity index (χ4v) is 3.29. The monoisotopic (exact) mass is 300 g/mol. The maximum absolute atomic E-state index is 12.8. The average Bonchev–Trinajstić information content (AvgIpc) is 2.88. The molecule has 2 heterocycles. The molecule has 2 unspecified atom stereocenters. The van der Waals surface area contributed by atoms with Gasteiger partial charge in [0.15, 0.2) is 0 Å². The number of nitrogens with two attached hydrogens (primary N) is 1. The van der Waals surface area contributed by atoms with E-state index in [4.69, 9.17) is 10.2 Å². The maximum atomic E-state index is 12.8. The van der Waals surface area contributed by atoms with Gasteiger partial charge in [-0.3, -0.25) is 4.79 Å². The molecule has 3 rings (SSSR count). The smallest absolute Gasteiger partial charge is 0.349 e. The molecule has 5 heteroatoms. The van der Waals surface area contributed by atoms with Crippen molar-refractivity contribution >= 4 is 16.9 Å². The van der Waals surface area contributed by atoms with E-state index >= 15 is 0 Å². The first-order chi connectivity index (χ1) is 10.5. The van der Waals surface area contributed by atoms with Crippen molar-refractivity contribution in [3.8, 4) is 0 Å². The highest BCUT2D eigenvalue weighted by Gasteiger charge is 2.34. The summed E-state index contributed by atoms with van der Waals surface area (Å²) in [6, 6.07) is 7.36. The second-order valence-electron chi connectivity index (χ2n) is 6.03. The van der Waals surface area contributed by atoms with Crippen LogP contribution in [-0.2, 0) is 0 Å². The number of likely N-dealkylation sites (tertiary alicyclic amines) is 1. The Balaban J connectivity index is 2.07. The summed E-state index contributed by atoms with van der Waals surface area (Å²) in [6.45, 7) is 4.95. The number of benzene rings is 1. The summed E-state index contributed by atoms with van der Waals surface area (Å²) in [7, 11) is 0. The molecule has 1 aromatic carbocycles. The first-order valence-corrected chi connectivity index (χ1v) is 7.56. The fraction of sp³-hybridized carbons (Fsp3) is 0.412. The quantitative estimate of drug-likeness (QED) is 0.860. The number of amides is 1. The number of rotatable bonds is 2. The fourth-order valence-electron chi connectivity index (χ4n) is 3.29. The minimum absolute atomic E-state index is 0.0892. The lowest BCUT2D eigenvalue weighted by Crippen LogP contribution is -2.37. The van der Waals surface area contributed by atoms with E-state index in [1.807, 2.05) is 19.1 Å². The Morgan fingerprint density at radius 1 is 1.41 bits per heavy atom. The Kier molecular flexibility index (Phi) is 3.74. The second-order valence-corrected chi connectivity index (χ2v) is 6.03. The summed E-state index contributed by atoms with van der Waals surface area (Å²) in [4.78, 5) is 26.8. The molecule has 1 aliphatic rings. The molecule has 1 amide bonds. The van der Waals surface area contributed by atoms with E-state index in [1.54, 1.807) is 24.0 Å². The highest BCUT2D eigenvalue weighted by atomic mass is 16.4. The van der Waals surface area contributed by atoms with Crippen molar-refractivity contribution < 1.29 is 9.21 Å². The van der Waals surface area contributed by atoms with Crippen LogP contribution in [-0.4, -0.2) is 29.9 Å². The standard InChI is InChI=1S/C17H20N2O3/c1-10-7-12(8-18)9-19(10)16(20)15-11(2)13-5-3-4-6-14(13)22-17(15)21/h3-6,10,12H,7-9,18H2,1-2H3. The summed E-state index contributed by atoms with van der Waals surface area (Å²) in [5.41, 5.74) is 6.48. The molecule has 22 heavy (non-hydrogen) atoms. The van der Waals surface area contributed by atoms with Crippen LogP contribution in [0.5, 0.6) is 0 Å². The molecule has 1 aliphatic heterocycles. The van der Waals surface area contributed by atoms with Crippen molar-refractivity contribution in [1.82, 2.24) is 4.90 Å². The van der Waals surface area contributed by atoms with E-state index in [9.17, 15) is 9.59 Å². The minimum Gasteiger partial charge on any atom is -0.422 e. The van der Waals surface area contributed by atoms with Crippen LogP contribution in [0.15, 0.2) is 33.5 Å². The van der Waals surface area contributed by atoms with Crippen LogP contribution in [0.25, 0.3) is 11.0 Å². The van der Waals surface area contributed by atoms with Crippen LogP contribution < -0.4 is 11.4 Å². The van der Waals surface area contributed by atoms with Gasteiger partial charge in [0.2, 0.25) is 0 Å². The van der Waals surface area contributed by atoms with Gasteiger partial charge in [-0.2, -0.15) is 0 Å². The molecule has 5 nitrogen and oxygen atoms in total. The van der Waals surface area contributed by atoms with Crippen molar-refractivity contribution in [2.75, 3.05) is 13.1 Å². The summed E-state index contributed by atoms with van der Waals surface area (Å²) in [6.07, 6.45) is 0.875. The zero-order valence-electron chi connectivity index (χ0n) is 12.8. The van der Waals surface area contributed by atoms with E-state index in [-0.39, 0.29) is 17.5 Å². The Labute approximate surface area is 128 Å². The van der Waals surface area contributed by atoms with Crippen molar-refractivity contribution in [3.05, 3.63) is 45.8 Å². The highest BCUT2D eigenvalue weighted by molar-refractivity contribution is 5.99. The zero-order valence-corrected chi connectivity index (χ0v) is 12.8. The van der Waals surface area contributed by atoms with Crippen LogP contribution in [0.2, 0.25) is 0 Å². The Hall–Kier alpha value is -2.14. The number of fused-ring (bicyclic) bond motifs is 1. The predicted molar refractivity (Wildman–Crippen MR) is 84.9 cm³/mol.